The molecule has 3 nitrogen and oxygen atoms in total. The summed E-state index contributed by atoms with van der Waals surface area (Å²) in [6, 6.07) is -0.958. The predicted molar refractivity (Wildman–Crippen MR) is 33.9 cm³/mol. The summed E-state index contributed by atoms with van der Waals surface area (Å²) in [6.45, 7) is 1.55. The summed E-state index contributed by atoms with van der Waals surface area (Å²) >= 11 is 0. The van der Waals surface area contributed by atoms with Gasteiger partial charge in [-0.25, -0.2) is 0 Å². The average molecular weight is 167 g/mol. The Hall–Kier alpha value is -0.900. The second kappa shape index (κ2) is 4.08. The minimum atomic E-state index is -4.24. The van der Waals surface area contributed by atoms with Gasteiger partial charge in [0.15, 0.2) is 0 Å². The van der Waals surface area contributed by atoms with Gasteiger partial charge in [-0.05, 0) is 12.0 Å². The maximum atomic E-state index is 11.6. The second-order valence-electron chi connectivity index (χ2n) is 2.09. The Balaban J connectivity index is 3.98. The molecule has 0 rings (SSSR count). The van der Waals surface area contributed by atoms with E-state index in [0.717, 1.165) is 0 Å². The summed E-state index contributed by atoms with van der Waals surface area (Å²) < 4.78 is 34.9. The zero-order valence-corrected chi connectivity index (χ0v) is 5.97. The average Bonchev–Trinajstić information content (AvgIpc) is 1.84. The predicted octanol–water partition coefficient (Wildman–Crippen LogP) is 3.03. The van der Waals surface area contributed by atoms with E-state index in [1.165, 1.54) is 0 Å². The molecule has 0 radical (unpaired) electrons. The Bertz CT molecular complexity index is 159. The van der Waals surface area contributed by atoms with Crippen molar-refractivity contribution < 1.29 is 13.2 Å². The molecule has 0 aliphatic heterocycles. The first-order valence-corrected chi connectivity index (χ1v) is 3.10. The lowest BCUT2D eigenvalue weighted by Gasteiger charge is -2.10. The largest absolute Gasteiger partial charge is 0.389 e. The number of alkyl halides is 3. The molecule has 0 N–H and O–H groups in total. The number of rotatable bonds is 3. The van der Waals surface area contributed by atoms with E-state index in [9.17, 15) is 13.2 Å². The summed E-state index contributed by atoms with van der Waals surface area (Å²) in [7, 11) is 0. The van der Waals surface area contributed by atoms with Crippen LogP contribution in [0.4, 0.5) is 13.2 Å². The molecule has 0 saturated heterocycles. The van der Waals surface area contributed by atoms with Crippen LogP contribution in [0.1, 0.15) is 19.8 Å². The zero-order chi connectivity index (χ0) is 8.91. The Morgan fingerprint density at radius 1 is 1.55 bits per heavy atom. The molecule has 1 unspecified atom stereocenters. The van der Waals surface area contributed by atoms with Crippen LogP contribution in [0.25, 0.3) is 10.4 Å². The third-order valence-electron chi connectivity index (χ3n) is 1.15. The van der Waals surface area contributed by atoms with Crippen LogP contribution < -0.4 is 0 Å². The van der Waals surface area contributed by atoms with Crippen LogP contribution in [-0.2, 0) is 0 Å². The molecule has 11 heavy (non-hydrogen) atoms. The smallest absolute Gasteiger partial charge is 0.171 e. The second-order valence-corrected chi connectivity index (χ2v) is 2.09. The van der Waals surface area contributed by atoms with Gasteiger partial charge < -0.3 is 0 Å². The highest BCUT2D eigenvalue weighted by Crippen LogP contribution is 2.24. The third-order valence-corrected chi connectivity index (χ3v) is 1.15. The molecule has 0 spiro atoms. The number of hydrogen-bond donors (Lipinski definition) is 0. The molecule has 0 heterocycles. The Kier molecular flexibility index (Phi) is 3.74. The van der Waals surface area contributed by atoms with Gasteiger partial charge in [0.25, 0.3) is 0 Å². The van der Waals surface area contributed by atoms with E-state index in [0.29, 0.717) is 0 Å². The van der Waals surface area contributed by atoms with Crippen molar-refractivity contribution >= 4 is 0 Å². The molecule has 6 heteroatoms. The van der Waals surface area contributed by atoms with E-state index in [1.807, 2.05) is 0 Å². The van der Waals surface area contributed by atoms with Crippen LogP contribution in [0.5, 0.6) is 0 Å². The Labute approximate surface area is 61.8 Å². The Morgan fingerprint density at radius 2 is 2.09 bits per heavy atom. The van der Waals surface area contributed by atoms with E-state index < -0.39 is 18.6 Å². The molecule has 0 aliphatic rings. The molecule has 0 aromatic rings. The topological polar surface area (TPSA) is 48.8 Å². The van der Waals surface area contributed by atoms with Gasteiger partial charge in [0.1, 0.15) is 0 Å². The highest BCUT2D eigenvalue weighted by atomic mass is 19.4. The SMILES string of the molecule is CCC(CC(F)(F)F)N=[N+]=[N-]. The van der Waals surface area contributed by atoms with Gasteiger partial charge in [-0.2, -0.15) is 13.2 Å². The summed E-state index contributed by atoms with van der Waals surface area (Å²) in [6.07, 6.45) is -5.06. The fourth-order valence-corrected chi connectivity index (χ4v) is 0.607. The lowest BCUT2D eigenvalue weighted by atomic mass is 10.2. The summed E-state index contributed by atoms with van der Waals surface area (Å²) in [4.78, 5) is 2.32. The van der Waals surface area contributed by atoms with Crippen molar-refractivity contribution in [3.8, 4) is 0 Å². The van der Waals surface area contributed by atoms with Crippen molar-refractivity contribution in [1.29, 1.82) is 0 Å². The van der Waals surface area contributed by atoms with Crippen molar-refractivity contribution in [2.45, 2.75) is 32.0 Å². The van der Waals surface area contributed by atoms with Crippen molar-refractivity contribution in [3.63, 3.8) is 0 Å². The molecule has 1 atom stereocenters. The summed E-state index contributed by atoms with van der Waals surface area (Å²) in [5.41, 5.74) is 7.86. The van der Waals surface area contributed by atoms with Gasteiger partial charge in [-0.15, -0.1) is 0 Å². The van der Waals surface area contributed by atoms with E-state index in [1.54, 1.807) is 6.92 Å². The van der Waals surface area contributed by atoms with E-state index in [2.05, 4.69) is 10.0 Å². The quantitative estimate of drug-likeness (QED) is 0.352. The molecule has 0 amide bonds. The normalized spacial score (nSPS) is 13.8. The highest BCUT2D eigenvalue weighted by Gasteiger charge is 2.30. The van der Waals surface area contributed by atoms with Gasteiger partial charge in [0.05, 0.1) is 6.42 Å². The van der Waals surface area contributed by atoms with E-state index in [-0.39, 0.29) is 6.42 Å². The van der Waals surface area contributed by atoms with Crippen LogP contribution in [-0.4, -0.2) is 12.2 Å². The molecular formula is C5H8F3N3. The molecule has 0 saturated carbocycles. The lowest BCUT2D eigenvalue weighted by Crippen LogP contribution is -2.16. The number of hydrogen-bond acceptors (Lipinski definition) is 1. The first-order valence-electron chi connectivity index (χ1n) is 3.10. The maximum absolute atomic E-state index is 11.6. The van der Waals surface area contributed by atoms with Gasteiger partial charge in [-0.1, -0.05) is 12.0 Å². The maximum Gasteiger partial charge on any atom is 0.389 e. The number of azide groups is 1. The molecule has 0 fully saturated rings. The standard InChI is InChI=1S/C5H8F3N3/c1-2-4(10-11-9)3-5(6,7)8/h4H,2-3H2,1H3. The monoisotopic (exact) mass is 167 g/mol. The third kappa shape index (κ3) is 5.54. The van der Waals surface area contributed by atoms with Crippen molar-refractivity contribution in [2.75, 3.05) is 0 Å². The van der Waals surface area contributed by atoms with Gasteiger partial charge in [0, 0.05) is 11.0 Å². The van der Waals surface area contributed by atoms with Crippen LogP contribution in [0.3, 0.4) is 0 Å². The molecule has 0 bridgehead atoms. The number of halogens is 3. The highest BCUT2D eigenvalue weighted by molar-refractivity contribution is 4.68. The van der Waals surface area contributed by atoms with Crippen molar-refractivity contribution in [2.24, 2.45) is 5.11 Å². The van der Waals surface area contributed by atoms with Crippen LogP contribution in [0.15, 0.2) is 5.11 Å². The van der Waals surface area contributed by atoms with E-state index in [4.69, 9.17) is 5.53 Å². The molecule has 0 aliphatic carbocycles. The van der Waals surface area contributed by atoms with E-state index >= 15 is 0 Å². The van der Waals surface area contributed by atoms with Gasteiger partial charge >= 0.3 is 6.18 Å². The summed E-state index contributed by atoms with van der Waals surface area (Å²) in [5.74, 6) is 0. The summed E-state index contributed by atoms with van der Waals surface area (Å²) in [5, 5.41) is 2.99. The van der Waals surface area contributed by atoms with Crippen LogP contribution in [0.2, 0.25) is 0 Å². The lowest BCUT2D eigenvalue weighted by molar-refractivity contribution is -0.138. The van der Waals surface area contributed by atoms with Crippen LogP contribution >= 0.6 is 0 Å². The minimum absolute atomic E-state index is 0.212. The molecule has 0 aromatic heterocycles. The first kappa shape index (κ1) is 10.1. The van der Waals surface area contributed by atoms with Crippen LogP contribution in [0, 0.1) is 0 Å². The van der Waals surface area contributed by atoms with Gasteiger partial charge in [-0.3, -0.25) is 0 Å². The fraction of sp³-hybridized carbons (Fsp3) is 1.00. The zero-order valence-electron chi connectivity index (χ0n) is 5.97. The molecular weight excluding hydrogens is 159 g/mol. The van der Waals surface area contributed by atoms with Crippen molar-refractivity contribution in [3.05, 3.63) is 10.4 Å². The minimum Gasteiger partial charge on any atom is -0.171 e. The Morgan fingerprint density at radius 3 is 2.36 bits per heavy atom. The molecule has 0 aromatic carbocycles. The van der Waals surface area contributed by atoms with Crippen molar-refractivity contribution in [1.82, 2.24) is 0 Å². The fourth-order valence-electron chi connectivity index (χ4n) is 0.607. The number of nitrogens with zero attached hydrogens (tertiary/aromatic N) is 3. The molecule has 64 valence electrons. The first-order chi connectivity index (χ1) is 4.99. The van der Waals surface area contributed by atoms with Gasteiger partial charge in [0.2, 0.25) is 0 Å².